The van der Waals surface area contributed by atoms with E-state index in [9.17, 15) is 13.2 Å². The molecule has 1 amide bonds. The number of hydrogen-bond donors (Lipinski definition) is 0. The van der Waals surface area contributed by atoms with Gasteiger partial charge in [0.2, 0.25) is 10.0 Å². The highest BCUT2D eigenvalue weighted by Gasteiger charge is 2.28. The lowest BCUT2D eigenvalue weighted by Gasteiger charge is -2.22. The van der Waals surface area contributed by atoms with Crippen LogP contribution in [0.25, 0.3) is 0 Å². The Balaban J connectivity index is 1.73. The van der Waals surface area contributed by atoms with Gasteiger partial charge in [0.1, 0.15) is 0 Å². The maximum atomic E-state index is 12.7. The van der Waals surface area contributed by atoms with Crippen LogP contribution in [0, 0.1) is 0 Å². The molecule has 0 bridgehead atoms. The Morgan fingerprint density at radius 1 is 0.792 bits per heavy atom. The predicted octanol–water partition coefficient (Wildman–Crippen LogP) is 2.22. The average molecular weight is 344 g/mol. The van der Waals surface area contributed by atoms with E-state index in [0.29, 0.717) is 43.1 Å². The van der Waals surface area contributed by atoms with Gasteiger partial charge in [-0.05, 0) is 30.7 Å². The van der Waals surface area contributed by atoms with Crippen LogP contribution in [0.15, 0.2) is 65.6 Å². The van der Waals surface area contributed by atoms with E-state index in [4.69, 9.17) is 0 Å². The molecular weight excluding hydrogens is 324 g/mol. The van der Waals surface area contributed by atoms with Crippen molar-refractivity contribution in [3.05, 3.63) is 66.2 Å². The van der Waals surface area contributed by atoms with Crippen molar-refractivity contribution in [2.45, 2.75) is 11.3 Å². The Bertz CT molecular complexity index is 792. The van der Waals surface area contributed by atoms with Crippen molar-refractivity contribution >= 4 is 15.9 Å². The molecule has 1 aliphatic rings. The molecule has 6 heteroatoms. The van der Waals surface area contributed by atoms with Crippen LogP contribution in [-0.4, -0.2) is 49.7 Å². The Kier molecular flexibility index (Phi) is 4.97. The zero-order valence-corrected chi connectivity index (χ0v) is 14.2. The van der Waals surface area contributed by atoms with Crippen LogP contribution in [0.4, 0.5) is 0 Å². The zero-order valence-electron chi connectivity index (χ0n) is 13.3. The van der Waals surface area contributed by atoms with Crippen LogP contribution in [-0.2, 0) is 10.0 Å². The lowest BCUT2D eigenvalue weighted by Crippen LogP contribution is -2.37. The van der Waals surface area contributed by atoms with Gasteiger partial charge in [-0.1, -0.05) is 36.4 Å². The molecule has 0 spiro atoms. The van der Waals surface area contributed by atoms with Gasteiger partial charge >= 0.3 is 0 Å². The van der Waals surface area contributed by atoms with Gasteiger partial charge < -0.3 is 4.90 Å². The van der Waals surface area contributed by atoms with Crippen molar-refractivity contribution in [3.63, 3.8) is 0 Å². The minimum Gasteiger partial charge on any atom is -0.337 e. The summed E-state index contributed by atoms with van der Waals surface area (Å²) in [6.07, 6.45) is 0.630. The highest BCUT2D eigenvalue weighted by molar-refractivity contribution is 7.89. The fourth-order valence-electron chi connectivity index (χ4n) is 2.84. The summed E-state index contributed by atoms with van der Waals surface area (Å²) >= 11 is 0. The Morgan fingerprint density at radius 2 is 1.42 bits per heavy atom. The molecule has 2 aromatic rings. The Hall–Kier alpha value is -2.18. The number of sulfonamides is 1. The lowest BCUT2D eigenvalue weighted by molar-refractivity contribution is 0.0764. The third-order valence-corrected chi connectivity index (χ3v) is 6.06. The topological polar surface area (TPSA) is 57.7 Å². The van der Waals surface area contributed by atoms with Gasteiger partial charge in [-0.15, -0.1) is 0 Å². The summed E-state index contributed by atoms with van der Waals surface area (Å²) in [5.41, 5.74) is 0.636. The number of amides is 1. The average Bonchev–Trinajstić information content (AvgIpc) is 2.89. The molecule has 2 aromatic carbocycles. The van der Waals surface area contributed by atoms with Crippen molar-refractivity contribution in [1.29, 1.82) is 0 Å². The van der Waals surface area contributed by atoms with E-state index in [-0.39, 0.29) is 5.91 Å². The number of rotatable bonds is 3. The molecule has 1 saturated heterocycles. The smallest absolute Gasteiger partial charge is 0.253 e. The van der Waals surface area contributed by atoms with Crippen LogP contribution in [0.5, 0.6) is 0 Å². The molecule has 0 saturated carbocycles. The second-order valence-electron chi connectivity index (χ2n) is 5.73. The van der Waals surface area contributed by atoms with E-state index in [1.54, 1.807) is 47.4 Å². The van der Waals surface area contributed by atoms with Crippen molar-refractivity contribution in [2.75, 3.05) is 26.2 Å². The highest BCUT2D eigenvalue weighted by atomic mass is 32.2. The third-order valence-electron chi connectivity index (χ3n) is 4.14. The normalized spacial score (nSPS) is 16.6. The molecule has 24 heavy (non-hydrogen) atoms. The predicted molar refractivity (Wildman–Crippen MR) is 92.2 cm³/mol. The van der Waals surface area contributed by atoms with E-state index >= 15 is 0 Å². The van der Waals surface area contributed by atoms with E-state index in [1.165, 1.54) is 4.31 Å². The Morgan fingerprint density at radius 3 is 2.08 bits per heavy atom. The number of hydrogen-bond acceptors (Lipinski definition) is 3. The monoisotopic (exact) mass is 344 g/mol. The Labute approximate surface area is 142 Å². The number of nitrogens with zero attached hydrogens (tertiary/aromatic N) is 2. The number of benzene rings is 2. The molecule has 0 aliphatic carbocycles. The first-order valence-corrected chi connectivity index (χ1v) is 9.42. The second kappa shape index (κ2) is 7.15. The van der Waals surface area contributed by atoms with Crippen LogP contribution in [0.1, 0.15) is 16.8 Å². The summed E-state index contributed by atoms with van der Waals surface area (Å²) in [5, 5.41) is 0. The molecule has 3 rings (SSSR count). The van der Waals surface area contributed by atoms with Gasteiger partial charge in [0.15, 0.2) is 0 Å². The first-order chi connectivity index (χ1) is 11.6. The van der Waals surface area contributed by atoms with Crippen LogP contribution in [0.3, 0.4) is 0 Å². The third kappa shape index (κ3) is 3.49. The molecule has 1 aliphatic heterocycles. The quantitative estimate of drug-likeness (QED) is 0.858. The summed E-state index contributed by atoms with van der Waals surface area (Å²) in [7, 11) is -3.50. The molecule has 5 nitrogen and oxygen atoms in total. The minimum absolute atomic E-state index is 0.0467. The standard InChI is InChI=1S/C18H20N2O3S/c21-18(16-8-3-1-4-9-16)19-12-7-13-20(15-14-19)24(22,23)17-10-5-2-6-11-17/h1-6,8-11H,7,12-15H2. The fraction of sp³-hybridized carbons (Fsp3) is 0.278. The van der Waals surface area contributed by atoms with Crippen molar-refractivity contribution in [1.82, 2.24) is 9.21 Å². The van der Waals surface area contributed by atoms with Gasteiger partial charge in [0.25, 0.3) is 5.91 Å². The first kappa shape index (κ1) is 16.7. The maximum Gasteiger partial charge on any atom is 0.253 e. The van der Waals surface area contributed by atoms with Crippen molar-refractivity contribution in [3.8, 4) is 0 Å². The highest BCUT2D eigenvalue weighted by Crippen LogP contribution is 2.18. The number of carbonyl (C=O) groups is 1. The van der Waals surface area contributed by atoms with Gasteiger partial charge in [0.05, 0.1) is 4.90 Å². The van der Waals surface area contributed by atoms with E-state index in [1.807, 2.05) is 18.2 Å². The van der Waals surface area contributed by atoms with Gasteiger partial charge in [-0.25, -0.2) is 8.42 Å². The van der Waals surface area contributed by atoms with E-state index < -0.39 is 10.0 Å². The summed E-state index contributed by atoms with van der Waals surface area (Å²) in [5.74, 6) is -0.0467. The van der Waals surface area contributed by atoms with Crippen LogP contribution in [0.2, 0.25) is 0 Å². The SMILES string of the molecule is O=C(c1ccccc1)N1CCCN(S(=O)(=O)c2ccccc2)CC1. The molecule has 0 unspecified atom stereocenters. The largest absolute Gasteiger partial charge is 0.337 e. The van der Waals surface area contributed by atoms with Crippen LogP contribution >= 0.6 is 0 Å². The van der Waals surface area contributed by atoms with Gasteiger partial charge in [-0.2, -0.15) is 4.31 Å². The summed E-state index contributed by atoms with van der Waals surface area (Å²) < 4.78 is 26.9. The molecule has 1 heterocycles. The molecular formula is C18H20N2O3S. The van der Waals surface area contributed by atoms with Gasteiger partial charge in [0, 0.05) is 31.7 Å². The molecule has 1 fully saturated rings. The van der Waals surface area contributed by atoms with E-state index in [0.717, 1.165) is 0 Å². The molecule has 0 radical (unpaired) electrons. The van der Waals surface area contributed by atoms with Crippen molar-refractivity contribution < 1.29 is 13.2 Å². The summed E-state index contributed by atoms with van der Waals surface area (Å²) in [6.45, 7) is 1.71. The molecule has 0 atom stereocenters. The molecule has 0 N–H and O–H groups in total. The van der Waals surface area contributed by atoms with Crippen LogP contribution < -0.4 is 0 Å². The van der Waals surface area contributed by atoms with E-state index in [2.05, 4.69) is 0 Å². The molecule has 0 aromatic heterocycles. The summed E-state index contributed by atoms with van der Waals surface area (Å²) in [6, 6.07) is 17.5. The summed E-state index contributed by atoms with van der Waals surface area (Å²) in [4.78, 5) is 14.6. The molecule has 126 valence electrons. The zero-order chi connectivity index (χ0) is 17.0. The number of carbonyl (C=O) groups excluding carboxylic acids is 1. The first-order valence-electron chi connectivity index (χ1n) is 7.98. The second-order valence-corrected chi connectivity index (χ2v) is 7.67. The van der Waals surface area contributed by atoms with Gasteiger partial charge in [-0.3, -0.25) is 4.79 Å². The minimum atomic E-state index is -3.50. The lowest BCUT2D eigenvalue weighted by atomic mass is 10.2. The van der Waals surface area contributed by atoms with Crippen molar-refractivity contribution in [2.24, 2.45) is 0 Å². The maximum absolute atomic E-state index is 12.7. The fourth-order valence-corrected chi connectivity index (χ4v) is 4.33.